The number of aromatic nitrogens is 6. The number of aromatic amines is 1. The molecular weight excluding hydrogens is 306 g/mol. The molecule has 4 rings (SSSR count). The molecule has 4 aromatic heterocycles. The highest BCUT2D eigenvalue weighted by atomic mass is 16.1. The van der Waals surface area contributed by atoms with Gasteiger partial charge in [0.25, 0.3) is 5.56 Å². The molecule has 0 amide bonds. The van der Waals surface area contributed by atoms with E-state index in [1.54, 1.807) is 30.2 Å². The van der Waals surface area contributed by atoms with Crippen molar-refractivity contribution in [3.8, 4) is 23.0 Å². The Kier molecular flexibility index (Phi) is 2.99. The van der Waals surface area contributed by atoms with Crippen LogP contribution in [-0.4, -0.2) is 29.4 Å². The first-order chi connectivity index (χ1) is 11.7. The maximum atomic E-state index is 12.3. The summed E-state index contributed by atoms with van der Waals surface area (Å²) in [6.45, 7) is 1.69. The third kappa shape index (κ3) is 1.99. The number of aryl methyl sites for hydroxylation is 1. The maximum Gasteiger partial charge on any atom is 0.292 e. The summed E-state index contributed by atoms with van der Waals surface area (Å²) in [6.07, 6.45) is 6.76. The Balaban J connectivity index is 1.88. The minimum absolute atomic E-state index is 0.0568. The third-order valence-electron chi connectivity index (χ3n) is 3.75. The molecule has 8 nitrogen and oxygen atoms in total. The molecule has 0 saturated heterocycles. The lowest BCUT2D eigenvalue weighted by atomic mass is 10.2. The Hall–Kier alpha value is -3.73. The Bertz CT molecular complexity index is 1140. The molecule has 4 aromatic rings. The van der Waals surface area contributed by atoms with Gasteiger partial charge in [0.05, 0.1) is 12.4 Å². The summed E-state index contributed by atoms with van der Waals surface area (Å²) in [7, 11) is 0. The molecule has 0 unspecified atom stereocenters. The number of fused-ring (bicyclic) bond motifs is 1. The Morgan fingerprint density at radius 2 is 2.12 bits per heavy atom. The van der Waals surface area contributed by atoms with Crippen LogP contribution in [0.2, 0.25) is 0 Å². The van der Waals surface area contributed by atoms with E-state index in [1.807, 2.05) is 30.5 Å². The van der Waals surface area contributed by atoms with Gasteiger partial charge < -0.3 is 4.98 Å². The fourth-order valence-electron chi connectivity index (χ4n) is 2.55. The number of hydrogen-bond donors (Lipinski definition) is 1. The standard InChI is InChI=1S/C16H11N7O/c1-10-12(6-17)16(24)23-15(21-10)13(8-20-23)11-7-19-22(9-11)14-4-2-3-5-18-14/h2-5,7-9,21H,1H3. The van der Waals surface area contributed by atoms with Gasteiger partial charge in [-0.3, -0.25) is 4.79 Å². The Morgan fingerprint density at radius 1 is 1.25 bits per heavy atom. The van der Waals surface area contributed by atoms with Crippen LogP contribution in [0.3, 0.4) is 0 Å². The summed E-state index contributed by atoms with van der Waals surface area (Å²) >= 11 is 0. The number of nitriles is 1. The zero-order valence-electron chi connectivity index (χ0n) is 12.6. The molecule has 0 bridgehead atoms. The van der Waals surface area contributed by atoms with E-state index in [0.29, 0.717) is 17.2 Å². The van der Waals surface area contributed by atoms with Gasteiger partial charge in [0.15, 0.2) is 5.82 Å². The smallest absolute Gasteiger partial charge is 0.292 e. The Morgan fingerprint density at radius 3 is 2.88 bits per heavy atom. The van der Waals surface area contributed by atoms with Crippen LogP contribution in [-0.2, 0) is 0 Å². The fraction of sp³-hybridized carbons (Fsp3) is 0.0625. The quantitative estimate of drug-likeness (QED) is 0.602. The van der Waals surface area contributed by atoms with E-state index in [1.165, 1.54) is 4.52 Å². The lowest BCUT2D eigenvalue weighted by Gasteiger charge is -2.01. The van der Waals surface area contributed by atoms with Crippen LogP contribution >= 0.6 is 0 Å². The topological polar surface area (TPSA) is 105 Å². The van der Waals surface area contributed by atoms with Crippen LogP contribution in [0.25, 0.3) is 22.6 Å². The minimum atomic E-state index is -0.438. The van der Waals surface area contributed by atoms with Gasteiger partial charge in [0.2, 0.25) is 0 Å². The predicted molar refractivity (Wildman–Crippen MR) is 85.6 cm³/mol. The van der Waals surface area contributed by atoms with Crippen LogP contribution in [0, 0.1) is 18.3 Å². The number of pyridine rings is 1. The van der Waals surface area contributed by atoms with Gasteiger partial charge >= 0.3 is 0 Å². The van der Waals surface area contributed by atoms with E-state index in [0.717, 1.165) is 11.1 Å². The number of nitrogens with zero attached hydrogens (tertiary/aromatic N) is 6. The van der Waals surface area contributed by atoms with Gasteiger partial charge in [-0.25, -0.2) is 9.67 Å². The second kappa shape index (κ2) is 5.17. The zero-order chi connectivity index (χ0) is 16.7. The molecular formula is C16H11N7O. The van der Waals surface area contributed by atoms with E-state index in [4.69, 9.17) is 5.26 Å². The average Bonchev–Trinajstić information content (AvgIpc) is 3.22. The molecule has 8 heteroatoms. The van der Waals surface area contributed by atoms with Crippen molar-refractivity contribution in [1.29, 1.82) is 5.26 Å². The van der Waals surface area contributed by atoms with Crippen molar-refractivity contribution < 1.29 is 0 Å². The molecule has 0 fully saturated rings. The van der Waals surface area contributed by atoms with E-state index in [2.05, 4.69) is 20.2 Å². The lowest BCUT2D eigenvalue weighted by molar-refractivity contribution is 0.847. The second-order valence-corrected chi connectivity index (χ2v) is 5.22. The van der Waals surface area contributed by atoms with Gasteiger partial charge in [-0.1, -0.05) is 6.07 Å². The number of nitrogens with one attached hydrogen (secondary N) is 1. The lowest BCUT2D eigenvalue weighted by Crippen LogP contribution is -2.19. The van der Waals surface area contributed by atoms with Crippen molar-refractivity contribution in [2.24, 2.45) is 0 Å². The van der Waals surface area contributed by atoms with Crippen LogP contribution in [0.1, 0.15) is 11.3 Å². The van der Waals surface area contributed by atoms with Crippen LogP contribution in [0.5, 0.6) is 0 Å². The predicted octanol–water partition coefficient (Wildman–Crippen LogP) is 1.45. The molecule has 0 spiro atoms. The molecule has 116 valence electrons. The van der Waals surface area contributed by atoms with Crippen LogP contribution < -0.4 is 5.56 Å². The highest BCUT2D eigenvalue weighted by Crippen LogP contribution is 2.23. The SMILES string of the molecule is Cc1[nH]c2c(-c3cnn(-c4ccccn4)c3)cnn2c(=O)c1C#N. The van der Waals surface area contributed by atoms with Gasteiger partial charge in [-0.15, -0.1) is 0 Å². The maximum absolute atomic E-state index is 12.3. The number of hydrogen-bond acceptors (Lipinski definition) is 5. The first-order valence-electron chi connectivity index (χ1n) is 7.16. The van der Waals surface area contributed by atoms with Gasteiger partial charge in [0.1, 0.15) is 17.3 Å². The highest BCUT2D eigenvalue weighted by molar-refractivity contribution is 5.76. The van der Waals surface area contributed by atoms with E-state index in [9.17, 15) is 4.79 Å². The minimum Gasteiger partial charge on any atom is -0.342 e. The molecule has 0 radical (unpaired) electrons. The molecule has 0 aliphatic rings. The van der Waals surface area contributed by atoms with Gasteiger partial charge in [-0.05, 0) is 19.1 Å². The van der Waals surface area contributed by atoms with Crippen LogP contribution in [0.4, 0.5) is 0 Å². The Labute approximate surface area is 135 Å². The molecule has 24 heavy (non-hydrogen) atoms. The molecule has 0 aromatic carbocycles. The summed E-state index contributed by atoms with van der Waals surface area (Å²) in [5.41, 5.74) is 2.16. The zero-order valence-corrected chi connectivity index (χ0v) is 12.6. The molecule has 0 aliphatic carbocycles. The van der Waals surface area contributed by atoms with Crippen molar-refractivity contribution in [2.75, 3.05) is 0 Å². The molecule has 0 saturated carbocycles. The molecule has 4 heterocycles. The van der Waals surface area contributed by atoms with Gasteiger partial charge in [0, 0.05) is 29.2 Å². The third-order valence-corrected chi connectivity index (χ3v) is 3.75. The first kappa shape index (κ1) is 13.9. The summed E-state index contributed by atoms with van der Waals surface area (Å²) < 4.78 is 2.84. The fourth-order valence-corrected chi connectivity index (χ4v) is 2.55. The monoisotopic (exact) mass is 317 g/mol. The summed E-state index contributed by atoms with van der Waals surface area (Å²) in [4.78, 5) is 19.6. The van der Waals surface area contributed by atoms with Crippen LogP contribution in [0.15, 0.2) is 47.8 Å². The summed E-state index contributed by atoms with van der Waals surface area (Å²) in [6, 6.07) is 7.46. The number of H-pyrrole nitrogens is 1. The van der Waals surface area contributed by atoms with Crippen molar-refractivity contribution in [3.05, 3.63) is 64.6 Å². The number of rotatable bonds is 2. The normalized spacial score (nSPS) is 10.8. The largest absolute Gasteiger partial charge is 0.342 e. The highest BCUT2D eigenvalue weighted by Gasteiger charge is 2.15. The molecule has 1 N–H and O–H groups in total. The molecule has 0 atom stereocenters. The molecule has 0 aliphatic heterocycles. The second-order valence-electron chi connectivity index (χ2n) is 5.22. The first-order valence-corrected chi connectivity index (χ1v) is 7.16. The van der Waals surface area contributed by atoms with E-state index in [-0.39, 0.29) is 5.56 Å². The van der Waals surface area contributed by atoms with Crippen molar-refractivity contribution >= 4 is 5.65 Å². The summed E-state index contributed by atoms with van der Waals surface area (Å²) in [5, 5.41) is 17.5. The van der Waals surface area contributed by atoms with E-state index >= 15 is 0 Å². The summed E-state index contributed by atoms with van der Waals surface area (Å²) in [5.74, 6) is 0.691. The van der Waals surface area contributed by atoms with Crippen molar-refractivity contribution in [2.45, 2.75) is 6.92 Å². The van der Waals surface area contributed by atoms with Crippen molar-refractivity contribution in [3.63, 3.8) is 0 Å². The van der Waals surface area contributed by atoms with Crippen molar-refractivity contribution in [1.82, 2.24) is 29.4 Å². The van der Waals surface area contributed by atoms with Gasteiger partial charge in [-0.2, -0.15) is 20.0 Å². The average molecular weight is 317 g/mol. The van der Waals surface area contributed by atoms with E-state index < -0.39 is 5.56 Å².